The summed E-state index contributed by atoms with van der Waals surface area (Å²) < 4.78 is 12.5. The van der Waals surface area contributed by atoms with Gasteiger partial charge in [-0.25, -0.2) is 9.59 Å². The highest BCUT2D eigenvalue weighted by atomic mass is 127. The maximum atomic E-state index is 13.0. The second-order valence-corrected chi connectivity index (χ2v) is 12.1. The van der Waals surface area contributed by atoms with Crippen molar-refractivity contribution in [1.29, 1.82) is 0 Å². The standard InChI is InChI=1S/C31H33IN2O4/c1-20-26(29(35)38-31(2,3)4)17-21(32)18-28(20)33-13-15-34(16-14-33)30(36)37-19-27-24-11-7-5-9-22(24)23-10-6-8-12-25(23)27/h5-12,17-18,27H,13-16,19H2,1-4H3. The minimum Gasteiger partial charge on any atom is -0.456 e. The molecule has 1 aliphatic carbocycles. The molecule has 1 amide bonds. The lowest BCUT2D eigenvalue weighted by molar-refractivity contribution is 0.00686. The van der Waals surface area contributed by atoms with E-state index in [4.69, 9.17) is 9.47 Å². The van der Waals surface area contributed by atoms with Gasteiger partial charge in [0.25, 0.3) is 0 Å². The summed E-state index contributed by atoms with van der Waals surface area (Å²) in [6, 6.07) is 20.7. The predicted octanol–water partition coefficient (Wildman–Crippen LogP) is 6.63. The van der Waals surface area contributed by atoms with Crippen molar-refractivity contribution >= 4 is 40.3 Å². The Morgan fingerprint density at radius 3 is 2.08 bits per heavy atom. The molecule has 5 rings (SSSR count). The van der Waals surface area contributed by atoms with E-state index in [9.17, 15) is 9.59 Å². The molecule has 0 radical (unpaired) electrons. The van der Waals surface area contributed by atoms with Gasteiger partial charge in [0.2, 0.25) is 0 Å². The Balaban J connectivity index is 1.23. The number of amides is 1. The van der Waals surface area contributed by atoms with Gasteiger partial charge < -0.3 is 19.3 Å². The van der Waals surface area contributed by atoms with Crippen LogP contribution in [0.1, 0.15) is 53.7 Å². The number of esters is 1. The zero-order valence-electron chi connectivity index (χ0n) is 22.3. The number of ether oxygens (including phenoxy) is 2. The monoisotopic (exact) mass is 624 g/mol. The first-order valence-corrected chi connectivity index (χ1v) is 14.1. The summed E-state index contributed by atoms with van der Waals surface area (Å²) in [4.78, 5) is 29.9. The van der Waals surface area contributed by atoms with Crippen molar-refractivity contribution in [3.05, 3.63) is 86.5 Å². The average molecular weight is 625 g/mol. The molecule has 6 nitrogen and oxygen atoms in total. The number of benzene rings is 3. The minimum absolute atomic E-state index is 0.0490. The lowest BCUT2D eigenvalue weighted by Crippen LogP contribution is -2.49. The summed E-state index contributed by atoms with van der Waals surface area (Å²) in [7, 11) is 0. The lowest BCUT2D eigenvalue weighted by atomic mass is 9.98. The largest absolute Gasteiger partial charge is 0.456 e. The molecule has 0 bridgehead atoms. The zero-order chi connectivity index (χ0) is 27.0. The maximum absolute atomic E-state index is 13.0. The minimum atomic E-state index is -0.556. The number of nitrogens with zero attached hydrogens (tertiary/aromatic N) is 2. The van der Waals surface area contributed by atoms with E-state index in [1.807, 2.05) is 45.9 Å². The van der Waals surface area contributed by atoms with Crippen LogP contribution in [0.4, 0.5) is 10.5 Å². The Morgan fingerprint density at radius 1 is 0.921 bits per heavy atom. The number of carbonyl (C=O) groups excluding carboxylic acids is 2. The maximum Gasteiger partial charge on any atom is 0.409 e. The predicted molar refractivity (Wildman–Crippen MR) is 158 cm³/mol. The van der Waals surface area contributed by atoms with Gasteiger partial charge in [0.1, 0.15) is 12.2 Å². The van der Waals surface area contributed by atoms with Crippen LogP contribution >= 0.6 is 22.6 Å². The molecule has 198 valence electrons. The van der Waals surface area contributed by atoms with E-state index in [2.05, 4.69) is 70.0 Å². The van der Waals surface area contributed by atoms with Crippen molar-refractivity contribution in [3.63, 3.8) is 0 Å². The van der Waals surface area contributed by atoms with Crippen LogP contribution in [0.15, 0.2) is 60.7 Å². The topological polar surface area (TPSA) is 59.1 Å². The Kier molecular flexibility index (Phi) is 7.40. The molecule has 3 aromatic carbocycles. The Labute approximate surface area is 238 Å². The van der Waals surface area contributed by atoms with Crippen LogP contribution in [0.25, 0.3) is 11.1 Å². The highest BCUT2D eigenvalue weighted by molar-refractivity contribution is 14.1. The first-order chi connectivity index (χ1) is 18.1. The first-order valence-electron chi connectivity index (χ1n) is 13.0. The normalized spacial score (nSPS) is 15.2. The molecule has 0 N–H and O–H groups in total. The number of halogens is 1. The van der Waals surface area contributed by atoms with Crippen molar-refractivity contribution in [2.75, 3.05) is 37.7 Å². The van der Waals surface area contributed by atoms with E-state index in [0.29, 0.717) is 38.3 Å². The highest BCUT2D eigenvalue weighted by Crippen LogP contribution is 2.44. The second kappa shape index (κ2) is 10.6. The fourth-order valence-corrected chi connectivity index (χ4v) is 5.96. The van der Waals surface area contributed by atoms with Crippen LogP contribution in [-0.4, -0.2) is 55.3 Å². The van der Waals surface area contributed by atoms with Gasteiger partial charge in [-0.1, -0.05) is 48.5 Å². The fraction of sp³-hybridized carbons (Fsp3) is 0.355. The molecule has 2 aliphatic rings. The smallest absolute Gasteiger partial charge is 0.409 e. The molecule has 1 heterocycles. The van der Waals surface area contributed by atoms with Crippen molar-refractivity contribution in [3.8, 4) is 11.1 Å². The average Bonchev–Trinajstić information content (AvgIpc) is 3.21. The van der Waals surface area contributed by atoms with Gasteiger partial charge in [-0.05, 0) is 90.2 Å². The number of carbonyl (C=O) groups is 2. The molecular formula is C31H33IN2O4. The van der Waals surface area contributed by atoms with Gasteiger partial charge in [-0.15, -0.1) is 0 Å². The van der Waals surface area contributed by atoms with Gasteiger partial charge in [0.05, 0.1) is 5.56 Å². The number of fused-ring (bicyclic) bond motifs is 3. The van der Waals surface area contributed by atoms with E-state index in [1.165, 1.54) is 22.3 Å². The summed E-state index contributed by atoms with van der Waals surface area (Å²) in [5, 5.41) is 0. The van der Waals surface area contributed by atoms with Crippen LogP contribution in [-0.2, 0) is 9.47 Å². The molecule has 3 aromatic rings. The van der Waals surface area contributed by atoms with Crippen LogP contribution in [0.3, 0.4) is 0 Å². The fourth-order valence-electron chi connectivity index (χ4n) is 5.35. The van der Waals surface area contributed by atoms with Gasteiger partial charge in [-0.2, -0.15) is 0 Å². The lowest BCUT2D eigenvalue weighted by Gasteiger charge is -2.36. The van der Waals surface area contributed by atoms with Crippen molar-refractivity contribution in [2.24, 2.45) is 0 Å². The molecule has 0 atom stereocenters. The van der Waals surface area contributed by atoms with E-state index in [-0.39, 0.29) is 18.0 Å². The van der Waals surface area contributed by atoms with Crippen LogP contribution < -0.4 is 4.90 Å². The third-order valence-electron chi connectivity index (χ3n) is 7.18. The number of piperazine rings is 1. The Hall–Kier alpha value is -3.07. The Bertz CT molecular complexity index is 1330. The summed E-state index contributed by atoms with van der Waals surface area (Å²) in [6.45, 7) is 10.3. The highest BCUT2D eigenvalue weighted by Gasteiger charge is 2.31. The molecule has 0 unspecified atom stereocenters. The van der Waals surface area contributed by atoms with Crippen molar-refractivity contribution in [2.45, 2.75) is 39.2 Å². The molecule has 0 saturated carbocycles. The summed E-state index contributed by atoms with van der Waals surface area (Å²) >= 11 is 2.24. The quantitative estimate of drug-likeness (QED) is 0.241. The van der Waals surface area contributed by atoms with Crippen molar-refractivity contribution in [1.82, 2.24) is 4.90 Å². The van der Waals surface area contributed by atoms with Gasteiger partial charge in [0.15, 0.2) is 0 Å². The van der Waals surface area contributed by atoms with E-state index in [0.717, 1.165) is 14.8 Å². The van der Waals surface area contributed by atoms with Gasteiger partial charge in [-0.3, -0.25) is 0 Å². The zero-order valence-corrected chi connectivity index (χ0v) is 24.4. The number of hydrogen-bond donors (Lipinski definition) is 0. The van der Waals surface area contributed by atoms with E-state index < -0.39 is 5.60 Å². The van der Waals surface area contributed by atoms with Crippen LogP contribution in [0.5, 0.6) is 0 Å². The molecule has 0 spiro atoms. The molecule has 38 heavy (non-hydrogen) atoms. The molecule has 1 fully saturated rings. The van der Waals surface area contributed by atoms with Crippen molar-refractivity contribution < 1.29 is 19.1 Å². The first kappa shape index (κ1) is 26.5. The Morgan fingerprint density at radius 2 is 1.50 bits per heavy atom. The van der Waals surface area contributed by atoms with Gasteiger partial charge in [0, 0.05) is 41.4 Å². The SMILES string of the molecule is Cc1c(C(=O)OC(C)(C)C)cc(I)cc1N1CCN(C(=O)OCC2c3ccccc3-c3ccccc32)CC1. The summed E-state index contributed by atoms with van der Waals surface area (Å²) in [5.41, 5.74) is 6.79. The van der Waals surface area contributed by atoms with Crippen LogP contribution in [0.2, 0.25) is 0 Å². The second-order valence-electron chi connectivity index (χ2n) is 10.9. The van der Waals surface area contributed by atoms with Gasteiger partial charge >= 0.3 is 12.1 Å². The molecule has 0 aromatic heterocycles. The van der Waals surface area contributed by atoms with E-state index in [1.54, 1.807) is 4.90 Å². The summed E-state index contributed by atoms with van der Waals surface area (Å²) in [5.74, 6) is -0.264. The number of hydrogen-bond acceptors (Lipinski definition) is 5. The number of anilines is 1. The van der Waals surface area contributed by atoms with Crippen LogP contribution in [0, 0.1) is 10.5 Å². The molecule has 1 saturated heterocycles. The molecule has 7 heteroatoms. The third-order valence-corrected chi connectivity index (χ3v) is 7.80. The van der Waals surface area contributed by atoms with E-state index >= 15 is 0 Å². The molecule has 1 aliphatic heterocycles. The third kappa shape index (κ3) is 5.39. The molecular weight excluding hydrogens is 591 g/mol. The summed E-state index contributed by atoms with van der Waals surface area (Å²) in [6.07, 6.45) is -0.277. The number of rotatable bonds is 4.